The number of hydrogen-bond acceptors (Lipinski definition) is 8. The van der Waals surface area contributed by atoms with E-state index in [9.17, 15) is 34.5 Å². The van der Waals surface area contributed by atoms with Crippen LogP contribution in [0, 0.1) is 0 Å². The molecule has 3 aliphatic heterocycles. The molecule has 8 N–H and O–H groups in total. The summed E-state index contributed by atoms with van der Waals surface area (Å²) in [7, 11) is 0. The number of carbonyl (C=O) groups excluding carboxylic acids is 2. The Morgan fingerprint density at radius 3 is 1.22 bits per heavy atom. The van der Waals surface area contributed by atoms with E-state index in [1.54, 1.807) is 40.1 Å². The van der Waals surface area contributed by atoms with Crippen LogP contribution in [-0.4, -0.2) is 96.5 Å². The molecule has 68 heavy (non-hydrogen) atoms. The van der Waals surface area contributed by atoms with Crippen molar-refractivity contribution in [2.75, 3.05) is 52.4 Å². The largest absolute Gasteiger partial charge is 0.507 e. The highest BCUT2D eigenvalue weighted by molar-refractivity contribution is 6.20. The minimum absolute atomic E-state index is 0.0899. The van der Waals surface area contributed by atoms with E-state index in [0.717, 1.165) is 44.9 Å². The number of carboxylic acids is 2. The standard InChI is InChI=1S/C32H25Cl2N3O4.C13H12ClNO.C6H5NO4/c33-13-17-15-36(25-11-27(38)19-5-1-3-7-21(19)29(17)25)31(40)23-9-10-24(35-23)32(41)37-16-18(14-34)30-22-8-4-2-6-20(22)28(39)12-26(30)37;14-6-8-7-15-11-5-12(16)9-3-1-2-4-10(9)13(8)11;8-5(9)3-1-2-4(7-3)6(10)11/h1-12,17-18,35,38-39H,13-16H2;1-5,8,15-16H,6-7H2;1-2,7H,(H,8,9)(H,10,11)/t17-,18-;8-;/m11./s1. The lowest BCUT2D eigenvalue weighted by Gasteiger charge is -2.19. The normalized spacial score (nSPS) is 16.6. The van der Waals surface area contributed by atoms with Gasteiger partial charge in [0.25, 0.3) is 11.8 Å². The Morgan fingerprint density at radius 2 is 0.838 bits per heavy atom. The van der Waals surface area contributed by atoms with Crippen LogP contribution in [0.1, 0.15) is 76.4 Å². The number of rotatable bonds is 7. The van der Waals surface area contributed by atoms with Crippen molar-refractivity contribution in [2.45, 2.75) is 17.8 Å². The Bertz CT molecular complexity index is 3150. The van der Waals surface area contributed by atoms with Crippen LogP contribution in [0.15, 0.2) is 115 Å². The number of benzene rings is 6. The lowest BCUT2D eigenvalue weighted by Crippen LogP contribution is -2.32. The summed E-state index contributed by atoms with van der Waals surface area (Å²) in [6.45, 7) is 1.57. The van der Waals surface area contributed by atoms with Crippen molar-refractivity contribution in [1.82, 2.24) is 9.97 Å². The lowest BCUT2D eigenvalue weighted by molar-refractivity contribution is 0.0688. The zero-order valence-corrected chi connectivity index (χ0v) is 38.1. The van der Waals surface area contributed by atoms with Crippen LogP contribution in [0.4, 0.5) is 17.1 Å². The maximum atomic E-state index is 13.8. The first-order valence-corrected chi connectivity index (χ1v) is 23.1. The monoisotopic (exact) mass is 973 g/mol. The molecule has 11 rings (SSSR count). The zero-order valence-electron chi connectivity index (χ0n) is 35.8. The van der Waals surface area contributed by atoms with E-state index >= 15 is 0 Å². The Labute approximate surface area is 402 Å². The fourth-order valence-corrected chi connectivity index (χ4v) is 10.3. The number of carbonyl (C=O) groups is 4. The number of nitrogens with zero attached hydrogens (tertiary/aromatic N) is 2. The number of hydrogen-bond donors (Lipinski definition) is 8. The number of fused-ring (bicyclic) bond motifs is 9. The second-order valence-electron chi connectivity index (χ2n) is 16.6. The minimum atomic E-state index is -1.17. The molecule has 0 spiro atoms. The number of phenols is 3. The highest BCUT2D eigenvalue weighted by Gasteiger charge is 2.38. The lowest BCUT2D eigenvalue weighted by atomic mass is 9.95. The summed E-state index contributed by atoms with van der Waals surface area (Å²) in [5, 5.41) is 56.5. The van der Waals surface area contributed by atoms with E-state index in [1.165, 1.54) is 17.7 Å². The van der Waals surface area contributed by atoms with Crippen molar-refractivity contribution < 1.29 is 44.7 Å². The van der Waals surface area contributed by atoms with Gasteiger partial charge < -0.3 is 50.6 Å². The van der Waals surface area contributed by atoms with Crippen molar-refractivity contribution in [2.24, 2.45) is 0 Å². The van der Waals surface area contributed by atoms with Crippen LogP contribution >= 0.6 is 34.8 Å². The Morgan fingerprint density at radius 1 is 0.485 bits per heavy atom. The fourth-order valence-electron chi connectivity index (χ4n) is 9.50. The first-order chi connectivity index (χ1) is 32.8. The molecule has 0 unspecified atom stereocenters. The van der Waals surface area contributed by atoms with Crippen LogP contribution < -0.4 is 15.1 Å². The molecule has 0 aliphatic carbocycles. The summed E-state index contributed by atoms with van der Waals surface area (Å²) < 4.78 is 0. The van der Waals surface area contributed by atoms with Gasteiger partial charge in [-0.2, -0.15) is 0 Å². The molecule has 346 valence electrons. The van der Waals surface area contributed by atoms with Crippen molar-refractivity contribution in [3.8, 4) is 17.2 Å². The number of carboxylic acid groups (broad SMARTS) is 2. The van der Waals surface area contributed by atoms with Crippen LogP contribution in [-0.2, 0) is 0 Å². The molecule has 0 radical (unpaired) electrons. The molecule has 0 saturated heterocycles. The summed E-state index contributed by atoms with van der Waals surface area (Å²) in [6.07, 6.45) is 0. The number of halogens is 3. The number of aromatic amines is 2. The minimum Gasteiger partial charge on any atom is -0.507 e. The average Bonchev–Trinajstić information content (AvgIpc) is 4.21. The topological polar surface area (TPSA) is 220 Å². The summed E-state index contributed by atoms with van der Waals surface area (Å²) in [5.74, 6) is -1.10. The number of nitrogens with one attached hydrogen (secondary N) is 3. The molecule has 6 aromatic carbocycles. The maximum absolute atomic E-state index is 13.8. The number of aromatic carboxylic acids is 2. The fraction of sp³-hybridized carbons (Fsp3) is 0.176. The van der Waals surface area contributed by atoms with Gasteiger partial charge >= 0.3 is 11.9 Å². The summed E-state index contributed by atoms with van der Waals surface area (Å²) in [4.78, 5) is 56.4. The predicted octanol–water partition coefficient (Wildman–Crippen LogP) is 10.4. The number of phenolic OH excluding ortho intramolecular Hbond substituents is 3. The number of H-pyrrole nitrogens is 2. The third-order valence-electron chi connectivity index (χ3n) is 12.6. The van der Waals surface area contributed by atoms with E-state index in [0.29, 0.717) is 64.5 Å². The van der Waals surface area contributed by atoms with E-state index < -0.39 is 11.9 Å². The third-order valence-corrected chi connectivity index (χ3v) is 13.8. The molecule has 0 saturated carbocycles. The van der Waals surface area contributed by atoms with Crippen molar-refractivity contribution in [3.05, 3.63) is 155 Å². The van der Waals surface area contributed by atoms with Crippen molar-refractivity contribution >= 4 is 108 Å². The van der Waals surface area contributed by atoms with Crippen molar-refractivity contribution in [3.63, 3.8) is 0 Å². The summed E-state index contributed by atoms with van der Waals surface area (Å²) in [5.41, 5.74) is 5.58. The van der Waals surface area contributed by atoms with Crippen LogP contribution in [0.5, 0.6) is 17.2 Å². The number of alkyl halides is 3. The number of anilines is 3. The molecule has 0 fully saturated rings. The van der Waals surface area contributed by atoms with E-state index in [-0.39, 0.29) is 57.9 Å². The summed E-state index contributed by atoms with van der Waals surface area (Å²) in [6, 6.07) is 33.6. The highest BCUT2D eigenvalue weighted by Crippen LogP contribution is 2.48. The van der Waals surface area contributed by atoms with Gasteiger partial charge in [-0.1, -0.05) is 72.8 Å². The first kappa shape index (κ1) is 45.8. The van der Waals surface area contributed by atoms with E-state index in [2.05, 4.69) is 15.3 Å². The molecule has 8 aromatic rings. The Kier molecular flexibility index (Phi) is 12.6. The van der Waals surface area contributed by atoms with Gasteiger partial charge in [0.05, 0.1) is 11.4 Å². The van der Waals surface area contributed by atoms with Gasteiger partial charge in [-0.05, 0) is 57.1 Å². The molecule has 17 heteroatoms. The highest BCUT2D eigenvalue weighted by atomic mass is 35.5. The van der Waals surface area contributed by atoms with Crippen molar-refractivity contribution in [1.29, 1.82) is 0 Å². The van der Waals surface area contributed by atoms with Gasteiger partial charge in [-0.3, -0.25) is 9.59 Å². The van der Waals surface area contributed by atoms with Gasteiger partial charge in [0.1, 0.15) is 40.0 Å². The number of aromatic nitrogens is 2. The third kappa shape index (κ3) is 8.14. The molecule has 3 aliphatic rings. The molecule has 5 heterocycles. The Balaban J connectivity index is 0.000000173. The van der Waals surface area contributed by atoms with Crippen LogP contribution in [0.3, 0.4) is 0 Å². The second-order valence-corrected chi connectivity index (χ2v) is 17.5. The average molecular weight is 975 g/mol. The quantitative estimate of drug-likeness (QED) is 0.0706. The zero-order chi connectivity index (χ0) is 48.0. The van der Waals surface area contributed by atoms with Crippen LogP contribution in [0.2, 0.25) is 0 Å². The molecule has 3 atom stereocenters. The van der Waals surface area contributed by atoms with Gasteiger partial charge in [0, 0.05) is 95.1 Å². The molecule has 2 amide bonds. The SMILES string of the molecule is O=C(O)c1ccc(C(=O)O)[nH]1.O=C(c1ccc(C(=O)N2C[C@@H](CCl)c3c2cc(O)c2ccccc32)[nH]1)N1C[C@@H](CCl)c2c1cc(O)c1ccccc21.Oc1cc2c(c3ccccc13)[C@H](CCl)CN2. The van der Waals surface area contributed by atoms with Gasteiger partial charge in [-0.15, -0.1) is 34.8 Å². The van der Waals surface area contributed by atoms with Crippen LogP contribution in [0.25, 0.3) is 32.3 Å². The number of amides is 2. The predicted molar refractivity (Wildman–Crippen MR) is 265 cm³/mol. The molecular weight excluding hydrogens is 933 g/mol. The number of aromatic hydroxyl groups is 3. The maximum Gasteiger partial charge on any atom is 0.352 e. The summed E-state index contributed by atoms with van der Waals surface area (Å²) >= 11 is 18.6. The first-order valence-electron chi connectivity index (χ1n) is 21.5. The molecular formula is C51H42Cl3N5O9. The Hall–Kier alpha value is -7.39. The molecule has 0 bridgehead atoms. The smallest absolute Gasteiger partial charge is 0.352 e. The van der Waals surface area contributed by atoms with E-state index in [4.69, 9.17) is 45.0 Å². The van der Waals surface area contributed by atoms with E-state index in [1.807, 2.05) is 72.8 Å². The second kappa shape index (κ2) is 18.7. The van der Waals surface area contributed by atoms with Gasteiger partial charge in [0.15, 0.2) is 0 Å². The van der Waals surface area contributed by atoms with Gasteiger partial charge in [-0.25, -0.2) is 9.59 Å². The molecule has 14 nitrogen and oxygen atoms in total. The van der Waals surface area contributed by atoms with Gasteiger partial charge in [0.2, 0.25) is 0 Å². The molecule has 2 aromatic heterocycles.